The van der Waals surface area contributed by atoms with Crippen LogP contribution in [0.3, 0.4) is 0 Å². The van der Waals surface area contributed by atoms with Gasteiger partial charge in [-0.1, -0.05) is 18.2 Å². The molecular weight excluding hydrogens is 322 g/mol. The minimum absolute atomic E-state index is 0.0491. The monoisotopic (exact) mass is 341 g/mol. The molecule has 0 aliphatic heterocycles. The SMILES string of the molecule is COC(=O)c1cccnc1C(=O)N(C)CC(=O)N(C)c1ccccc1. The van der Waals surface area contributed by atoms with Gasteiger partial charge in [0.05, 0.1) is 12.7 Å². The standard InChI is InChI=1S/C18H19N3O4/c1-20(12-15(22)21(2)13-8-5-4-6-9-13)17(23)16-14(18(24)25-3)10-7-11-19-16/h4-11H,12H2,1-3H3. The Morgan fingerprint density at radius 3 is 2.36 bits per heavy atom. The van der Waals surface area contributed by atoms with Gasteiger partial charge in [0.15, 0.2) is 0 Å². The first-order valence-electron chi connectivity index (χ1n) is 7.56. The number of carbonyl (C=O) groups excluding carboxylic acids is 3. The smallest absolute Gasteiger partial charge is 0.340 e. The van der Waals surface area contributed by atoms with Crippen LogP contribution < -0.4 is 4.90 Å². The van der Waals surface area contributed by atoms with Gasteiger partial charge in [-0.3, -0.25) is 14.6 Å². The van der Waals surface area contributed by atoms with Crippen molar-refractivity contribution in [2.45, 2.75) is 0 Å². The molecule has 0 unspecified atom stereocenters. The highest BCUT2D eigenvalue weighted by Crippen LogP contribution is 2.13. The molecule has 1 aromatic heterocycles. The number of hydrogen-bond donors (Lipinski definition) is 0. The number of benzene rings is 1. The van der Waals surface area contributed by atoms with Gasteiger partial charge in [0.25, 0.3) is 5.91 Å². The third kappa shape index (κ3) is 4.20. The van der Waals surface area contributed by atoms with Gasteiger partial charge in [-0.05, 0) is 24.3 Å². The first-order chi connectivity index (χ1) is 12.0. The molecule has 0 radical (unpaired) electrons. The number of rotatable bonds is 5. The first-order valence-corrected chi connectivity index (χ1v) is 7.56. The van der Waals surface area contributed by atoms with Crippen LogP contribution in [0, 0.1) is 0 Å². The van der Waals surface area contributed by atoms with Crippen LogP contribution in [0.2, 0.25) is 0 Å². The second-order valence-corrected chi connectivity index (χ2v) is 5.34. The van der Waals surface area contributed by atoms with Crippen LogP contribution in [0.4, 0.5) is 5.69 Å². The number of ether oxygens (including phenoxy) is 1. The van der Waals surface area contributed by atoms with Crippen molar-refractivity contribution in [3.8, 4) is 0 Å². The molecule has 7 heteroatoms. The molecule has 2 rings (SSSR count). The Kier molecular flexibility index (Phi) is 5.84. The van der Waals surface area contributed by atoms with Gasteiger partial charge in [0, 0.05) is 26.0 Å². The zero-order valence-corrected chi connectivity index (χ0v) is 14.3. The van der Waals surface area contributed by atoms with Crippen LogP contribution in [0.15, 0.2) is 48.7 Å². The second kappa shape index (κ2) is 8.05. The van der Waals surface area contributed by atoms with Gasteiger partial charge < -0.3 is 14.5 Å². The molecule has 1 aromatic carbocycles. The summed E-state index contributed by atoms with van der Waals surface area (Å²) in [5.74, 6) is -1.45. The number of carbonyl (C=O) groups is 3. The minimum atomic E-state index is -0.655. The van der Waals surface area contributed by atoms with Crippen molar-refractivity contribution in [1.29, 1.82) is 0 Å². The summed E-state index contributed by atoms with van der Waals surface area (Å²) >= 11 is 0. The summed E-state index contributed by atoms with van der Waals surface area (Å²) in [6.45, 7) is -0.151. The van der Waals surface area contributed by atoms with Gasteiger partial charge in [-0.25, -0.2) is 4.79 Å². The number of likely N-dealkylation sites (N-methyl/N-ethyl adjacent to an activating group) is 2. The number of methoxy groups -OCH3 is 1. The fourth-order valence-electron chi connectivity index (χ4n) is 2.21. The van der Waals surface area contributed by atoms with E-state index in [0.29, 0.717) is 0 Å². The zero-order chi connectivity index (χ0) is 18.4. The van der Waals surface area contributed by atoms with E-state index < -0.39 is 11.9 Å². The molecule has 25 heavy (non-hydrogen) atoms. The summed E-state index contributed by atoms with van der Waals surface area (Å²) in [4.78, 5) is 43.4. The van der Waals surface area contributed by atoms with E-state index in [0.717, 1.165) is 5.69 Å². The predicted octanol–water partition coefficient (Wildman–Crippen LogP) is 1.60. The van der Waals surface area contributed by atoms with E-state index in [4.69, 9.17) is 0 Å². The van der Waals surface area contributed by atoms with Crippen molar-refractivity contribution < 1.29 is 19.1 Å². The Morgan fingerprint density at radius 2 is 1.72 bits per heavy atom. The Morgan fingerprint density at radius 1 is 1.04 bits per heavy atom. The number of nitrogens with zero attached hydrogens (tertiary/aromatic N) is 3. The molecule has 2 aromatic rings. The first kappa shape index (κ1) is 18.1. The molecule has 0 aliphatic rings. The van der Waals surface area contributed by atoms with Gasteiger partial charge in [0.2, 0.25) is 5.91 Å². The Balaban J connectivity index is 2.13. The largest absolute Gasteiger partial charge is 0.465 e. The van der Waals surface area contributed by atoms with E-state index >= 15 is 0 Å². The van der Waals surface area contributed by atoms with E-state index in [1.807, 2.05) is 18.2 Å². The topological polar surface area (TPSA) is 79.8 Å². The lowest BCUT2D eigenvalue weighted by Gasteiger charge is -2.22. The molecule has 0 fully saturated rings. The number of pyridine rings is 1. The molecule has 2 amide bonds. The zero-order valence-electron chi connectivity index (χ0n) is 14.3. The Labute approximate surface area is 145 Å². The third-order valence-electron chi connectivity index (χ3n) is 3.65. The summed E-state index contributed by atoms with van der Waals surface area (Å²) in [7, 11) is 4.34. The quantitative estimate of drug-likeness (QED) is 0.772. The minimum Gasteiger partial charge on any atom is -0.465 e. The molecule has 0 saturated heterocycles. The molecule has 0 atom stereocenters. The van der Waals surface area contributed by atoms with Crippen LogP contribution in [0.1, 0.15) is 20.8 Å². The number of esters is 1. The van der Waals surface area contributed by atoms with Crippen molar-refractivity contribution in [3.63, 3.8) is 0 Å². The van der Waals surface area contributed by atoms with Gasteiger partial charge >= 0.3 is 5.97 Å². The lowest BCUT2D eigenvalue weighted by atomic mass is 10.1. The average molecular weight is 341 g/mol. The highest BCUT2D eigenvalue weighted by atomic mass is 16.5. The highest BCUT2D eigenvalue weighted by Gasteiger charge is 2.24. The van der Waals surface area contributed by atoms with E-state index in [9.17, 15) is 14.4 Å². The number of aromatic nitrogens is 1. The van der Waals surface area contributed by atoms with E-state index in [1.165, 1.54) is 42.3 Å². The van der Waals surface area contributed by atoms with E-state index in [2.05, 4.69) is 9.72 Å². The molecule has 0 saturated carbocycles. The maximum Gasteiger partial charge on any atom is 0.340 e. The molecule has 0 N–H and O–H groups in total. The van der Waals surface area contributed by atoms with Crippen LogP contribution in [-0.4, -0.2) is 55.4 Å². The summed E-state index contributed by atoms with van der Waals surface area (Å²) in [5, 5.41) is 0. The van der Waals surface area contributed by atoms with Gasteiger partial charge in [-0.15, -0.1) is 0 Å². The van der Waals surface area contributed by atoms with Crippen LogP contribution in [0.5, 0.6) is 0 Å². The number of anilines is 1. The maximum absolute atomic E-state index is 12.6. The molecule has 130 valence electrons. The van der Waals surface area contributed by atoms with Crippen molar-refractivity contribution in [2.75, 3.05) is 32.6 Å². The van der Waals surface area contributed by atoms with Crippen molar-refractivity contribution in [3.05, 3.63) is 59.9 Å². The van der Waals surface area contributed by atoms with Crippen molar-refractivity contribution >= 4 is 23.5 Å². The van der Waals surface area contributed by atoms with Crippen LogP contribution in [-0.2, 0) is 9.53 Å². The lowest BCUT2D eigenvalue weighted by Crippen LogP contribution is -2.40. The Hall–Kier alpha value is -3.22. The number of hydrogen-bond acceptors (Lipinski definition) is 5. The van der Waals surface area contributed by atoms with Crippen LogP contribution >= 0.6 is 0 Å². The number of para-hydroxylation sites is 1. The molecule has 0 aliphatic carbocycles. The van der Waals surface area contributed by atoms with Crippen molar-refractivity contribution in [2.24, 2.45) is 0 Å². The molecular formula is C18H19N3O4. The van der Waals surface area contributed by atoms with Gasteiger partial charge in [0.1, 0.15) is 12.2 Å². The van der Waals surface area contributed by atoms with Crippen molar-refractivity contribution in [1.82, 2.24) is 9.88 Å². The Bertz CT molecular complexity index is 777. The molecule has 1 heterocycles. The summed E-state index contributed by atoms with van der Waals surface area (Å²) in [6.07, 6.45) is 1.41. The third-order valence-corrected chi connectivity index (χ3v) is 3.65. The fourth-order valence-corrected chi connectivity index (χ4v) is 2.21. The predicted molar refractivity (Wildman–Crippen MR) is 92.4 cm³/mol. The van der Waals surface area contributed by atoms with E-state index in [1.54, 1.807) is 19.2 Å². The molecule has 7 nitrogen and oxygen atoms in total. The molecule has 0 spiro atoms. The second-order valence-electron chi connectivity index (χ2n) is 5.34. The summed E-state index contributed by atoms with van der Waals surface area (Å²) < 4.78 is 4.66. The lowest BCUT2D eigenvalue weighted by molar-refractivity contribution is -0.118. The average Bonchev–Trinajstić information content (AvgIpc) is 2.66. The maximum atomic E-state index is 12.6. The summed E-state index contributed by atoms with van der Waals surface area (Å²) in [6, 6.07) is 12.1. The fraction of sp³-hybridized carbons (Fsp3) is 0.222. The normalized spacial score (nSPS) is 10.0. The summed E-state index contributed by atoms with van der Waals surface area (Å²) in [5.41, 5.74) is 0.735. The highest BCUT2D eigenvalue weighted by molar-refractivity contribution is 6.05. The van der Waals surface area contributed by atoms with Crippen LogP contribution in [0.25, 0.3) is 0 Å². The molecule has 0 bridgehead atoms. The van der Waals surface area contributed by atoms with Gasteiger partial charge in [-0.2, -0.15) is 0 Å². The van der Waals surface area contributed by atoms with E-state index in [-0.39, 0.29) is 23.7 Å². The number of amides is 2.